The first-order valence-electron chi connectivity index (χ1n) is 4.54. The Morgan fingerprint density at radius 3 is 2.41 bits per heavy atom. The summed E-state index contributed by atoms with van der Waals surface area (Å²) in [7, 11) is 0. The van der Waals surface area contributed by atoms with Crippen molar-refractivity contribution in [2.75, 3.05) is 0 Å². The van der Waals surface area contributed by atoms with Gasteiger partial charge in [0.25, 0.3) is 0 Å². The minimum Gasteiger partial charge on any atom is -0.449 e. The fourth-order valence-corrected chi connectivity index (χ4v) is 1.42. The Balaban J connectivity index is 3.02. The monoisotopic (exact) mass is 242 g/mol. The topological polar surface area (TPSA) is 47.3 Å². The molecule has 1 aromatic carbocycles. The van der Waals surface area contributed by atoms with E-state index in [9.17, 15) is 22.8 Å². The van der Waals surface area contributed by atoms with E-state index in [2.05, 4.69) is 0 Å². The second-order valence-electron chi connectivity index (χ2n) is 3.36. The summed E-state index contributed by atoms with van der Waals surface area (Å²) in [4.78, 5) is 22.4. The van der Waals surface area contributed by atoms with Gasteiger partial charge in [0.05, 0.1) is 0 Å². The van der Waals surface area contributed by atoms with E-state index in [0.29, 0.717) is 0 Å². The molecule has 0 aliphatic heterocycles. The molecule has 0 spiro atoms. The van der Waals surface area contributed by atoms with Gasteiger partial charge in [-0.3, -0.25) is 9.59 Å². The molecule has 0 fully saturated rings. The Hall–Kier alpha value is -2.11. The number of hydrogen-bond donors (Lipinski definition) is 0. The van der Waals surface area contributed by atoms with Crippen LogP contribution in [0.2, 0.25) is 0 Å². The molecular weight excluding hydrogens is 237 g/mol. The smallest absolute Gasteiger partial charge is 0.232 e. The molecule has 0 amide bonds. The number of Topliss-reactive ketones (excluding diaryl/α,β-unsaturated/α-hetero) is 1. The van der Waals surface area contributed by atoms with Crippen LogP contribution in [-0.2, 0) is 0 Å². The number of carbonyl (C=O) groups excluding carboxylic acids is 1. The lowest BCUT2D eigenvalue weighted by atomic mass is 10.2. The van der Waals surface area contributed by atoms with Crippen LogP contribution in [0.1, 0.15) is 17.5 Å². The maximum atomic E-state index is 13.4. The fourth-order valence-electron chi connectivity index (χ4n) is 1.42. The Labute approximate surface area is 92.5 Å². The number of carbonyl (C=O) groups is 1. The number of halogens is 3. The van der Waals surface area contributed by atoms with Gasteiger partial charge in [-0.25, -0.2) is 8.78 Å². The van der Waals surface area contributed by atoms with Crippen molar-refractivity contribution in [2.45, 2.75) is 6.92 Å². The molecular formula is C11H5F3O3. The SMILES string of the molecule is CC(=O)c1oc2ccc(F)c(F)c2c(=O)c1F. The quantitative estimate of drug-likeness (QED) is 0.721. The van der Waals surface area contributed by atoms with Crippen LogP contribution in [0.15, 0.2) is 21.3 Å². The van der Waals surface area contributed by atoms with Crippen LogP contribution in [0, 0.1) is 17.5 Å². The summed E-state index contributed by atoms with van der Waals surface area (Å²) in [5.74, 6) is -5.92. The average molecular weight is 242 g/mol. The van der Waals surface area contributed by atoms with Crippen LogP contribution in [-0.4, -0.2) is 5.78 Å². The highest BCUT2D eigenvalue weighted by atomic mass is 19.2. The first kappa shape index (κ1) is 11.4. The Morgan fingerprint density at radius 1 is 1.18 bits per heavy atom. The van der Waals surface area contributed by atoms with Crippen LogP contribution < -0.4 is 5.43 Å². The molecule has 2 rings (SSSR count). The van der Waals surface area contributed by atoms with Crippen molar-refractivity contribution < 1.29 is 22.4 Å². The van der Waals surface area contributed by atoms with Gasteiger partial charge in [-0.05, 0) is 12.1 Å². The van der Waals surface area contributed by atoms with E-state index in [1.54, 1.807) is 0 Å². The van der Waals surface area contributed by atoms with Crippen molar-refractivity contribution in [1.82, 2.24) is 0 Å². The maximum absolute atomic E-state index is 13.4. The second kappa shape index (κ2) is 3.73. The molecule has 6 heteroatoms. The molecule has 0 bridgehead atoms. The zero-order chi connectivity index (χ0) is 12.7. The van der Waals surface area contributed by atoms with Gasteiger partial charge in [0.15, 0.2) is 17.4 Å². The van der Waals surface area contributed by atoms with Crippen LogP contribution in [0.25, 0.3) is 11.0 Å². The van der Waals surface area contributed by atoms with Gasteiger partial charge in [-0.2, -0.15) is 4.39 Å². The van der Waals surface area contributed by atoms with Gasteiger partial charge in [0, 0.05) is 6.92 Å². The number of fused-ring (bicyclic) bond motifs is 1. The van der Waals surface area contributed by atoms with Crippen LogP contribution in [0.5, 0.6) is 0 Å². The molecule has 0 saturated heterocycles. The molecule has 88 valence electrons. The van der Waals surface area contributed by atoms with Gasteiger partial charge < -0.3 is 4.42 Å². The summed E-state index contributed by atoms with van der Waals surface area (Å²) in [6.07, 6.45) is 0. The van der Waals surface area contributed by atoms with E-state index < -0.39 is 39.8 Å². The Morgan fingerprint density at radius 2 is 1.82 bits per heavy atom. The zero-order valence-corrected chi connectivity index (χ0v) is 8.51. The third-order valence-corrected chi connectivity index (χ3v) is 2.21. The molecule has 0 aliphatic carbocycles. The summed E-state index contributed by atoms with van der Waals surface area (Å²) in [5.41, 5.74) is -1.77. The van der Waals surface area contributed by atoms with Gasteiger partial charge in [0.2, 0.25) is 17.0 Å². The predicted octanol–water partition coefficient (Wildman–Crippen LogP) is 2.41. The lowest BCUT2D eigenvalue weighted by Gasteiger charge is -2.02. The van der Waals surface area contributed by atoms with Crippen LogP contribution in [0.3, 0.4) is 0 Å². The van der Waals surface area contributed by atoms with Crippen LogP contribution in [0.4, 0.5) is 13.2 Å². The van der Waals surface area contributed by atoms with E-state index in [0.717, 1.165) is 19.1 Å². The highest BCUT2D eigenvalue weighted by Gasteiger charge is 2.21. The molecule has 0 N–H and O–H groups in total. The molecule has 17 heavy (non-hydrogen) atoms. The second-order valence-corrected chi connectivity index (χ2v) is 3.36. The van der Waals surface area contributed by atoms with Crippen LogP contribution >= 0.6 is 0 Å². The van der Waals surface area contributed by atoms with Crippen molar-refractivity contribution in [3.8, 4) is 0 Å². The minimum absolute atomic E-state index is 0.375. The summed E-state index contributed by atoms with van der Waals surface area (Å²) < 4.78 is 44.3. The third-order valence-electron chi connectivity index (χ3n) is 2.21. The molecule has 1 aromatic heterocycles. The summed E-state index contributed by atoms with van der Waals surface area (Å²) in [6.45, 7) is 0.993. The first-order valence-corrected chi connectivity index (χ1v) is 4.54. The highest BCUT2D eigenvalue weighted by Crippen LogP contribution is 2.20. The van der Waals surface area contributed by atoms with Gasteiger partial charge in [-0.1, -0.05) is 0 Å². The van der Waals surface area contributed by atoms with Crippen molar-refractivity contribution in [3.05, 3.63) is 45.6 Å². The molecule has 0 atom stereocenters. The van der Waals surface area contributed by atoms with E-state index in [1.807, 2.05) is 0 Å². The highest BCUT2D eigenvalue weighted by molar-refractivity contribution is 5.93. The summed E-state index contributed by atoms with van der Waals surface area (Å²) in [6, 6.07) is 1.68. The van der Waals surface area contributed by atoms with E-state index >= 15 is 0 Å². The molecule has 2 aromatic rings. The summed E-state index contributed by atoms with van der Waals surface area (Å²) >= 11 is 0. The molecule has 0 saturated carbocycles. The molecule has 0 radical (unpaired) electrons. The average Bonchev–Trinajstić information content (AvgIpc) is 2.27. The zero-order valence-electron chi connectivity index (χ0n) is 8.51. The van der Waals surface area contributed by atoms with Gasteiger partial charge >= 0.3 is 0 Å². The molecule has 3 nitrogen and oxygen atoms in total. The van der Waals surface area contributed by atoms with Crippen molar-refractivity contribution >= 4 is 16.8 Å². The van der Waals surface area contributed by atoms with Gasteiger partial charge in [0.1, 0.15) is 11.0 Å². The van der Waals surface area contributed by atoms with E-state index in [1.165, 1.54) is 0 Å². The maximum Gasteiger partial charge on any atom is 0.232 e. The van der Waals surface area contributed by atoms with E-state index in [-0.39, 0.29) is 5.58 Å². The Kier molecular flexibility index (Phi) is 2.49. The lowest BCUT2D eigenvalue weighted by Crippen LogP contribution is -2.14. The van der Waals surface area contributed by atoms with E-state index in [4.69, 9.17) is 4.42 Å². The number of benzene rings is 1. The third kappa shape index (κ3) is 1.61. The van der Waals surface area contributed by atoms with Crippen molar-refractivity contribution in [2.24, 2.45) is 0 Å². The lowest BCUT2D eigenvalue weighted by molar-refractivity contribution is 0.0981. The number of hydrogen-bond acceptors (Lipinski definition) is 3. The predicted molar refractivity (Wildman–Crippen MR) is 52.4 cm³/mol. The van der Waals surface area contributed by atoms with Crippen molar-refractivity contribution in [1.29, 1.82) is 0 Å². The number of ketones is 1. The first-order chi connectivity index (χ1) is 7.93. The van der Waals surface area contributed by atoms with Crippen molar-refractivity contribution in [3.63, 3.8) is 0 Å². The normalized spacial score (nSPS) is 10.8. The minimum atomic E-state index is -1.52. The molecule has 1 heterocycles. The fraction of sp³-hybridized carbons (Fsp3) is 0.0909. The number of rotatable bonds is 1. The standard InChI is InChI=1S/C11H5F3O3/c1-4(15)11-9(14)10(16)7-6(17-11)3-2-5(12)8(7)13/h2-3H,1H3. The van der Waals surface area contributed by atoms with Gasteiger partial charge in [-0.15, -0.1) is 0 Å². The molecule has 0 unspecified atom stereocenters. The Bertz CT molecular complexity index is 688. The summed E-state index contributed by atoms with van der Waals surface area (Å²) in [5, 5.41) is -0.840. The molecule has 0 aliphatic rings. The largest absolute Gasteiger partial charge is 0.449 e.